The van der Waals surface area contributed by atoms with Crippen LogP contribution in [-0.4, -0.2) is 75.5 Å². The van der Waals surface area contributed by atoms with Crippen molar-refractivity contribution in [2.75, 3.05) is 11.5 Å². The number of fused-ring (bicyclic) bond motifs is 3. The van der Waals surface area contributed by atoms with Crippen LogP contribution in [0.2, 0.25) is 25.7 Å². The van der Waals surface area contributed by atoms with E-state index in [4.69, 9.17) is 14.5 Å². The number of hydrogen-bond acceptors (Lipinski definition) is 8. The molecule has 2 N–H and O–H groups in total. The van der Waals surface area contributed by atoms with Crippen LogP contribution in [0.3, 0.4) is 0 Å². The number of ether oxygens (including phenoxy) is 2. The van der Waals surface area contributed by atoms with Crippen molar-refractivity contribution in [2.45, 2.75) is 109 Å². The second kappa shape index (κ2) is 10.9. The smallest absolute Gasteiger partial charge is 0.407 e. The van der Waals surface area contributed by atoms with Crippen molar-refractivity contribution in [1.82, 2.24) is 25.1 Å². The van der Waals surface area contributed by atoms with E-state index < -0.39 is 38.0 Å². The van der Waals surface area contributed by atoms with E-state index in [1.807, 2.05) is 4.90 Å². The molecule has 2 aromatic heterocycles. The second-order valence-electron chi connectivity index (χ2n) is 12.1. The Labute approximate surface area is 231 Å². The molecule has 0 aliphatic carbocycles. The van der Waals surface area contributed by atoms with Gasteiger partial charge < -0.3 is 24.8 Å². The lowest BCUT2D eigenvalue weighted by atomic mass is 9.95. The molecule has 37 heavy (non-hydrogen) atoms. The van der Waals surface area contributed by atoms with E-state index in [-0.39, 0.29) is 19.4 Å². The van der Waals surface area contributed by atoms with E-state index >= 15 is 4.39 Å². The summed E-state index contributed by atoms with van der Waals surface area (Å²) in [4.78, 5) is 23.8. The Bertz CT molecular complexity index is 1140. The Balaban J connectivity index is 1.57. The third-order valence-corrected chi connectivity index (χ3v) is 9.14. The molecule has 2 aromatic rings. The number of rotatable bonds is 8. The van der Waals surface area contributed by atoms with Gasteiger partial charge in [0.25, 0.3) is 0 Å². The van der Waals surface area contributed by atoms with Crippen LogP contribution in [0.25, 0.3) is 11.2 Å². The molecule has 0 spiro atoms. The Morgan fingerprint density at radius 3 is 2.65 bits per heavy atom. The molecule has 0 unspecified atom stereocenters. The van der Waals surface area contributed by atoms with Crippen LogP contribution in [-0.2, 0) is 22.8 Å². The van der Waals surface area contributed by atoms with Crippen LogP contribution >= 0.6 is 22.6 Å². The summed E-state index contributed by atoms with van der Waals surface area (Å²) in [6, 6.07) is -0.136. The SMILES string of the molecule is CC(C)(C)OC(=O)N[C@H]1C[C@H]2CC[C@@H]([C@H]1F)N2c1nc2c(nc1CO)c(I)nn2COCC[Si](C)(C)C. The van der Waals surface area contributed by atoms with Gasteiger partial charge in [-0.1, -0.05) is 19.6 Å². The minimum absolute atomic E-state index is 0.0441. The number of hydrogen-bond donors (Lipinski definition) is 2. The van der Waals surface area contributed by atoms with Gasteiger partial charge in [-0.2, -0.15) is 5.10 Å². The third-order valence-electron chi connectivity index (χ3n) is 6.71. The van der Waals surface area contributed by atoms with Crippen molar-refractivity contribution >= 4 is 53.7 Å². The summed E-state index contributed by atoms with van der Waals surface area (Å²) in [5.74, 6) is 0.473. The maximum absolute atomic E-state index is 15.7. The van der Waals surface area contributed by atoms with Crippen LogP contribution in [0, 0.1) is 3.70 Å². The maximum atomic E-state index is 15.7. The van der Waals surface area contributed by atoms with E-state index in [1.165, 1.54) is 0 Å². The van der Waals surface area contributed by atoms with Gasteiger partial charge in [0.15, 0.2) is 15.2 Å². The number of alkyl carbamates (subject to hydrolysis) is 1. The predicted molar refractivity (Wildman–Crippen MR) is 150 cm³/mol. The first-order chi connectivity index (χ1) is 17.3. The van der Waals surface area contributed by atoms with E-state index in [2.05, 4.69) is 57.6 Å². The number of halogens is 2. The number of carbonyl (C=O) groups is 1. The molecule has 0 saturated carbocycles. The Hall–Kier alpha value is -1.58. The molecule has 1 amide bonds. The van der Waals surface area contributed by atoms with Crippen LogP contribution in [0.15, 0.2) is 0 Å². The quantitative estimate of drug-likeness (QED) is 0.249. The molecule has 4 heterocycles. The summed E-state index contributed by atoms with van der Waals surface area (Å²) in [6.07, 6.45) is -0.126. The van der Waals surface area contributed by atoms with Crippen LogP contribution < -0.4 is 10.2 Å². The summed E-state index contributed by atoms with van der Waals surface area (Å²) in [5.41, 5.74) is 0.878. The van der Waals surface area contributed by atoms with Crippen molar-refractivity contribution < 1.29 is 23.8 Å². The third kappa shape index (κ3) is 6.53. The second-order valence-corrected chi connectivity index (χ2v) is 18.7. The molecule has 13 heteroatoms. The van der Waals surface area contributed by atoms with Gasteiger partial charge >= 0.3 is 6.09 Å². The molecule has 10 nitrogen and oxygen atoms in total. The average molecular weight is 649 g/mol. The normalized spacial score (nSPS) is 24.1. The number of aliphatic hydroxyl groups excluding tert-OH is 1. The van der Waals surface area contributed by atoms with Gasteiger partial charge in [-0.25, -0.2) is 23.8 Å². The highest BCUT2D eigenvalue weighted by atomic mass is 127. The van der Waals surface area contributed by atoms with Crippen LogP contribution in [0.4, 0.5) is 15.0 Å². The minimum Gasteiger partial charge on any atom is -0.444 e. The molecule has 2 fully saturated rings. The van der Waals surface area contributed by atoms with E-state index in [0.717, 1.165) is 12.5 Å². The van der Waals surface area contributed by atoms with Crippen molar-refractivity contribution in [3.05, 3.63) is 9.39 Å². The van der Waals surface area contributed by atoms with Gasteiger partial charge in [0, 0.05) is 20.7 Å². The van der Waals surface area contributed by atoms with Gasteiger partial charge in [0.05, 0.1) is 18.7 Å². The fraction of sp³-hybridized carbons (Fsp3) is 0.750. The standard InChI is InChI=1S/C24H38FIN6O4Si/c1-24(2,3)36-23(34)28-15-11-14-7-8-17(18(15)25)32(14)21-16(12-33)27-19-20(26)30-31(22(19)29-21)13-35-9-10-37(4,5)6/h14-15,17-18,33H,7-13H2,1-6H3,(H,28,34)/t14-,15+,17+,18+/m1/s1. The zero-order valence-electron chi connectivity index (χ0n) is 22.4. The van der Waals surface area contributed by atoms with E-state index in [1.54, 1.807) is 25.5 Å². The summed E-state index contributed by atoms with van der Waals surface area (Å²) in [7, 11) is -1.22. The lowest BCUT2D eigenvalue weighted by molar-refractivity contribution is 0.0447. The number of piperidine rings is 1. The molecular weight excluding hydrogens is 610 g/mol. The number of amides is 1. The molecule has 4 atom stereocenters. The topological polar surface area (TPSA) is 115 Å². The fourth-order valence-electron chi connectivity index (χ4n) is 4.98. The predicted octanol–water partition coefficient (Wildman–Crippen LogP) is 4.21. The molecule has 2 saturated heterocycles. The monoisotopic (exact) mass is 648 g/mol. The zero-order valence-corrected chi connectivity index (χ0v) is 25.6. The van der Waals surface area contributed by atoms with E-state index in [0.29, 0.717) is 45.8 Å². The Morgan fingerprint density at radius 1 is 1.27 bits per heavy atom. The Kier molecular flexibility index (Phi) is 8.36. The highest BCUT2D eigenvalue weighted by Gasteiger charge is 2.50. The lowest BCUT2D eigenvalue weighted by Crippen LogP contribution is -2.59. The van der Waals surface area contributed by atoms with Gasteiger partial charge in [-0.05, 0) is 68.7 Å². The van der Waals surface area contributed by atoms with Gasteiger partial charge in [-0.15, -0.1) is 0 Å². The minimum atomic E-state index is -1.31. The van der Waals surface area contributed by atoms with Crippen LogP contribution in [0.5, 0.6) is 0 Å². The first kappa shape index (κ1) is 28.4. The first-order valence-corrected chi connectivity index (χ1v) is 17.6. The largest absolute Gasteiger partial charge is 0.444 e. The number of aromatic nitrogens is 4. The number of alkyl halides is 1. The van der Waals surface area contributed by atoms with Crippen LogP contribution in [0.1, 0.15) is 45.7 Å². The number of anilines is 1. The Morgan fingerprint density at radius 2 is 2.00 bits per heavy atom. The molecule has 0 aromatic carbocycles. The van der Waals surface area contributed by atoms with Crippen molar-refractivity contribution in [3.63, 3.8) is 0 Å². The summed E-state index contributed by atoms with van der Waals surface area (Å²) >= 11 is 2.11. The number of nitrogens with zero attached hydrogens (tertiary/aromatic N) is 5. The molecule has 2 aliphatic rings. The van der Waals surface area contributed by atoms with Gasteiger partial charge in [0.2, 0.25) is 0 Å². The summed E-state index contributed by atoms with van der Waals surface area (Å²) in [6.45, 7) is 12.8. The summed E-state index contributed by atoms with van der Waals surface area (Å²) in [5, 5.41) is 17.4. The molecular formula is C24H38FIN6O4Si. The van der Waals surface area contributed by atoms with Crippen molar-refractivity contribution in [1.29, 1.82) is 0 Å². The molecule has 0 radical (unpaired) electrons. The zero-order chi connectivity index (χ0) is 27.1. The van der Waals surface area contributed by atoms with Gasteiger partial charge in [0.1, 0.15) is 29.7 Å². The average Bonchev–Trinajstić information content (AvgIpc) is 3.28. The molecule has 2 aliphatic heterocycles. The summed E-state index contributed by atoms with van der Waals surface area (Å²) < 4.78 is 29.3. The number of aliphatic hydroxyl groups is 1. The highest BCUT2D eigenvalue weighted by Crippen LogP contribution is 2.41. The highest BCUT2D eigenvalue weighted by molar-refractivity contribution is 14.1. The van der Waals surface area contributed by atoms with Crippen molar-refractivity contribution in [3.8, 4) is 0 Å². The lowest BCUT2D eigenvalue weighted by Gasteiger charge is -2.42. The maximum Gasteiger partial charge on any atom is 0.407 e. The molecule has 4 rings (SSSR count). The molecule has 2 bridgehead atoms. The first-order valence-electron chi connectivity index (χ1n) is 12.8. The number of carbonyl (C=O) groups excluding carboxylic acids is 1. The van der Waals surface area contributed by atoms with Gasteiger partial charge in [-0.3, -0.25) is 0 Å². The molecule has 206 valence electrons. The number of nitrogens with one attached hydrogen (secondary N) is 1. The van der Waals surface area contributed by atoms with Crippen molar-refractivity contribution in [2.24, 2.45) is 0 Å². The van der Waals surface area contributed by atoms with E-state index in [9.17, 15) is 9.90 Å². The fourth-order valence-corrected chi connectivity index (χ4v) is 6.36.